The molecule has 0 aromatic carbocycles. The molecule has 7 heteroatoms. The molecule has 2 amide bonds. The number of nitrogens with zero attached hydrogens (tertiary/aromatic N) is 2. The molecule has 0 saturated carbocycles. The maximum absolute atomic E-state index is 12.3. The van der Waals surface area contributed by atoms with Crippen LogP contribution in [-0.4, -0.2) is 41.8 Å². The predicted molar refractivity (Wildman–Crippen MR) is 83.7 cm³/mol. The average molecular weight is 332 g/mol. The summed E-state index contributed by atoms with van der Waals surface area (Å²) >= 11 is 11.7. The summed E-state index contributed by atoms with van der Waals surface area (Å²) in [4.78, 5) is 29.7. The van der Waals surface area contributed by atoms with Crippen LogP contribution < -0.4 is 5.32 Å². The van der Waals surface area contributed by atoms with Gasteiger partial charge < -0.3 is 10.2 Å². The molecule has 1 atom stereocenters. The van der Waals surface area contributed by atoms with Crippen LogP contribution in [0.3, 0.4) is 0 Å². The van der Waals surface area contributed by atoms with E-state index in [2.05, 4.69) is 10.3 Å². The third-order valence-electron chi connectivity index (χ3n) is 2.82. The number of hydrogen-bond acceptors (Lipinski definition) is 3. The van der Waals surface area contributed by atoms with Gasteiger partial charge in [0.2, 0.25) is 5.91 Å². The minimum Gasteiger partial charge on any atom is -0.347 e. The molecule has 1 heterocycles. The zero-order valence-corrected chi connectivity index (χ0v) is 14.0. The molecule has 1 N–H and O–H groups in total. The summed E-state index contributed by atoms with van der Waals surface area (Å²) in [5.74, 6) is -0.339. The van der Waals surface area contributed by atoms with Gasteiger partial charge in [0.1, 0.15) is 11.2 Å². The van der Waals surface area contributed by atoms with E-state index >= 15 is 0 Å². The number of likely N-dealkylation sites (N-methyl/N-ethyl adjacent to an activating group) is 1. The molecular formula is C14H19Cl2N3O2. The SMILES string of the molecule is CC(C)CC(NC(=O)c1cc(Cl)ncc1Cl)C(=O)N(C)C. The Morgan fingerprint density at radius 3 is 2.48 bits per heavy atom. The number of carbonyl (C=O) groups excluding carboxylic acids is 2. The van der Waals surface area contributed by atoms with Gasteiger partial charge in [-0.3, -0.25) is 9.59 Å². The van der Waals surface area contributed by atoms with Crippen molar-refractivity contribution >= 4 is 35.0 Å². The summed E-state index contributed by atoms with van der Waals surface area (Å²) in [6.45, 7) is 3.97. The standard InChI is InChI=1S/C14H19Cl2N3O2/c1-8(2)5-11(14(21)19(3)4)18-13(20)9-6-12(16)17-7-10(9)15/h6-8,11H,5H2,1-4H3,(H,18,20). The van der Waals surface area contributed by atoms with E-state index in [1.165, 1.54) is 17.2 Å². The molecule has 0 bridgehead atoms. The van der Waals surface area contributed by atoms with Crippen LogP contribution >= 0.6 is 23.2 Å². The fraction of sp³-hybridized carbons (Fsp3) is 0.500. The van der Waals surface area contributed by atoms with E-state index < -0.39 is 11.9 Å². The molecule has 0 radical (unpaired) electrons. The first-order valence-corrected chi connectivity index (χ1v) is 7.31. The summed E-state index contributed by atoms with van der Waals surface area (Å²) in [5, 5.41) is 3.08. The molecule has 5 nitrogen and oxygen atoms in total. The number of hydrogen-bond donors (Lipinski definition) is 1. The molecule has 1 aromatic heterocycles. The van der Waals surface area contributed by atoms with Gasteiger partial charge in [0, 0.05) is 20.3 Å². The molecular weight excluding hydrogens is 313 g/mol. The highest BCUT2D eigenvalue weighted by atomic mass is 35.5. The quantitative estimate of drug-likeness (QED) is 0.843. The van der Waals surface area contributed by atoms with Crippen LogP contribution in [0.4, 0.5) is 0 Å². The zero-order chi connectivity index (χ0) is 16.2. The number of pyridine rings is 1. The highest BCUT2D eigenvalue weighted by Gasteiger charge is 2.24. The highest BCUT2D eigenvalue weighted by molar-refractivity contribution is 6.35. The van der Waals surface area contributed by atoms with E-state index in [9.17, 15) is 9.59 Å². The van der Waals surface area contributed by atoms with Crippen LogP contribution in [0.15, 0.2) is 12.3 Å². The summed E-state index contributed by atoms with van der Waals surface area (Å²) < 4.78 is 0. The van der Waals surface area contributed by atoms with Gasteiger partial charge in [0.05, 0.1) is 10.6 Å². The number of carbonyl (C=O) groups is 2. The van der Waals surface area contributed by atoms with E-state index in [-0.39, 0.29) is 27.6 Å². The largest absolute Gasteiger partial charge is 0.347 e. The monoisotopic (exact) mass is 331 g/mol. The Bertz CT molecular complexity index is 533. The predicted octanol–water partition coefficient (Wildman–Crippen LogP) is 2.62. The van der Waals surface area contributed by atoms with Crippen LogP contribution in [0.25, 0.3) is 0 Å². The van der Waals surface area contributed by atoms with Crippen LogP contribution in [0, 0.1) is 5.92 Å². The maximum atomic E-state index is 12.3. The van der Waals surface area contributed by atoms with Crippen LogP contribution in [0.5, 0.6) is 0 Å². The summed E-state index contributed by atoms with van der Waals surface area (Å²) in [7, 11) is 3.30. The lowest BCUT2D eigenvalue weighted by atomic mass is 10.0. The first-order chi connectivity index (χ1) is 9.72. The summed E-state index contributed by atoms with van der Waals surface area (Å²) in [6, 6.07) is 0.779. The van der Waals surface area contributed by atoms with Gasteiger partial charge in [0.25, 0.3) is 5.91 Å². The molecule has 0 aliphatic rings. The fourth-order valence-electron chi connectivity index (χ4n) is 1.83. The Labute approximate surface area is 134 Å². The molecule has 1 unspecified atom stereocenters. The molecule has 0 aliphatic heterocycles. The lowest BCUT2D eigenvalue weighted by Crippen LogP contribution is -2.47. The maximum Gasteiger partial charge on any atom is 0.253 e. The molecule has 21 heavy (non-hydrogen) atoms. The second kappa shape index (κ2) is 7.61. The van der Waals surface area contributed by atoms with Gasteiger partial charge in [0.15, 0.2) is 0 Å². The lowest BCUT2D eigenvalue weighted by Gasteiger charge is -2.23. The normalized spacial score (nSPS) is 12.1. The smallest absolute Gasteiger partial charge is 0.253 e. The molecule has 0 aliphatic carbocycles. The van der Waals surface area contributed by atoms with E-state index in [1.54, 1.807) is 14.1 Å². The van der Waals surface area contributed by atoms with Crippen molar-refractivity contribution in [3.8, 4) is 0 Å². The van der Waals surface area contributed by atoms with Gasteiger partial charge in [-0.15, -0.1) is 0 Å². The zero-order valence-electron chi connectivity index (χ0n) is 12.5. The van der Waals surface area contributed by atoms with Gasteiger partial charge in [-0.1, -0.05) is 37.0 Å². The van der Waals surface area contributed by atoms with Crippen LogP contribution in [0.1, 0.15) is 30.6 Å². The van der Waals surface area contributed by atoms with Crippen molar-refractivity contribution in [1.29, 1.82) is 0 Å². The van der Waals surface area contributed by atoms with Crippen molar-refractivity contribution in [3.05, 3.63) is 28.0 Å². The molecule has 116 valence electrons. The van der Waals surface area contributed by atoms with Gasteiger partial charge >= 0.3 is 0 Å². The van der Waals surface area contributed by atoms with Gasteiger partial charge in [-0.2, -0.15) is 0 Å². The Balaban J connectivity index is 2.94. The van der Waals surface area contributed by atoms with Gasteiger partial charge in [-0.05, 0) is 18.4 Å². The van der Waals surface area contributed by atoms with Crippen LogP contribution in [-0.2, 0) is 4.79 Å². The van der Waals surface area contributed by atoms with Crippen molar-refractivity contribution in [1.82, 2.24) is 15.2 Å². The van der Waals surface area contributed by atoms with Crippen LogP contribution in [0.2, 0.25) is 10.2 Å². The average Bonchev–Trinajstić information content (AvgIpc) is 2.39. The highest BCUT2D eigenvalue weighted by Crippen LogP contribution is 2.18. The van der Waals surface area contributed by atoms with E-state index in [4.69, 9.17) is 23.2 Å². The molecule has 1 rings (SSSR count). The van der Waals surface area contributed by atoms with E-state index in [0.717, 1.165) is 0 Å². The van der Waals surface area contributed by atoms with Crippen molar-refractivity contribution in [2.45, 2.75) is 26.3 Å². The van der Waals surface area contributed by atoms with E-state index in [1.807, 2.05) is 13.8 Å². The number of nitrogens with one attached hydrogen (secondary N) is 1. The number of aromatic nitrogens is 1. The Morgan fingerprint density at radius 1 is 1.33 bits per heavy atom. The number of amides is 2. The Kier molecular flexibility index (Phi) is 6.42. The summed E-state index contributed by atoms with van der Waals surface area (Å²) in [5.41, 5.74) is 0.206. The molecule has 0 fully saturated rings. The fourth-order valence-corrected chi connectivity index (χ4v) is 2.17. The topological polar surface area (TPSA) is 62.3 Å². The minimum atomic E-state index is -0.601. The Morgan fingerprint density at radius 2 is 1.95 bits per heavy atom. The first-order valence-electron chi connectivity index (χ1n) is 6.55. The van der Waals surface area contributed by atoms with E-state index in [0.29, 0.717) is 6.42 Å². The molecule has 0 saturated heterocycles. The first kappa shape index (κ1) is 17.7. The van der Waals surface area contributed by atoms with Crippen molar-refractivity contribution < 1.29 is 9.59 Å². The lowest BCUT2D eigenvalue weighted by molar-refractivity contribution is -0.131. The second-order valence-corrected chi connectivity index (χ2v) is 6.17. The Hall–Kier alpha value is -1.33. The number of rotatable bonds is 5. The minimum absolute atomic E-state index is 0.159. The van der Waals surface area contributed by atoms with Crippen molar-refractivity contribution in [2.24, 2.45) is 5.92 Å². The third kappa shape index (κ3) is 5.17. The van der Waals surface area contributed by atoms with Crippen molar-refractivity contribution in [2.75, 3.05) is 14.1 Å². The third-order valence-corrected chi connectivity index (χ3v) is 3.33. The van der Waals surface area contributed by atoms with Crippen molar-refractivity contribution in [3.63, 3.8) is 0 Å². The molecule has 0 spiro atoms. The molecule has 1 aromatic rings. The second-order valence-electron chi connectivity index (χ2n) is 5.38. The summed E-state index contributed by atoms with van der Waals surface area (Å²) in [6.07, 6.45) is 1.85. The number of halogens is 2. The van der Waals surface area contributed by atoms with Gasteiger partial charge in [-0.25, -0.2) is 4.98 Å².